The molecule has 0 spiro atoms. The van der Waals surface area contributed by atoms with Gasteiger partial charge in [-0.3, -0.25) is 19.1 Å². The number of hydrogen-bond acceptors (Lipinski definition) is 6. The first kappa shape index (κ1) is 24.0. The van der Waals surface area contributed by atoms with Crippen molar-refractivity contribution in [2.24, 2.45) is 0 Å². The quantitative estimate of drug-likeness (QED) is 0.583. The van der Waals surface area contributed by atoms with Crippen molar-refractivity contribution in [3.05, 3.63) is 45.1 Å². The highest BCUT2D eigenvalue weighted by atomic mass is 35.5. The third kappa shape index (κ3) is 6.35. The predicted molar refractivity (Wildman–Crippen MR) is 111 cm³/mol. The molecule has 0 aromatic heterocycles. The minimum absolute atomic E-state index is 0.0526. The van der Waals surface area contributed by atoms with E-state index in [1.54, 1.807) is 18.2 Å². The molecule has 1 aliphatic rings. The van der Waals surface area contributed by atoms with Gasteiger partial charge in [-0.25, -0.2) is 8.42 Å². The molecule has 0 atom stereocenters. The molecule has 0 bridgehead atoms. The maximum absolute atomic E-state index is 12.7. The van der Waals surface area contributed by atoms with Gasteiger partial charge in [0.15, 0.2) is 5.76 Å². The molecule has 1 aromatic carbocycles. The molecule has 30 heavy (non-hydrogen) atoms. The highest BCUT2D eigenvalue weighted by Crippen LogP contribution is 2.24. The van der Waals surface area contributed by atoms with E-state index in [0.29, 0.717) is 10.0 Å². The Balaban J connectivity index is 1.94. The van der Waals surface area contributed by atoms with E-state index >= 15 is 0 Å². The molecule has 164 valence electrons. The fourth-order valence-corrected chi connectivity index (χ4v) is 3.70. The standard InChI is InChI=1S/C18H21Cl2N3O6S/c1-22(9-11-5-6-13(19)14(20)8-11)17(26)12-10-23(18(27)16(12)25)7-3-4-15(24)21-30(2,28)29/h5-6,8,25H,3-4,7,9-10H2,1-2H3,(H,21,24). The van der Waals surface area contributed by atoms with Crippen LogP contribution in [0.5, 0.6) is 0 Å². The normalized spacial score (nSPS) is 14.3. The van der Waals surface area contributed by atoms with E-state index in [1.807, 2.05) is 4.72 Å². The Morgan fingerprint density at radius 3 is 2.53 bits per heavy atom. The summed E-state index contributed by atoms with van der Waals surface area (Å²) >= 11 is 11.9. The Morgan fingerprint density at radius 1 is 1.27 bits per heavy atom. The van der Waals surface area contributed by atoms with Crippen molar-refractivity contribution >= 4 is 50.9 Å². The van der Waals surface area contributed by atoms with Crippen molar-refractivity contribution in [2.75, 3.05) is 26.4 Å². The number of carbonyl (C=O) groups excluding carboxylic acids is 3. The van der Waals surface area contributed by atoms with E-state index in [0.717, 1.165) is 11.8 Å². The van der Waals surface area contributed by atoms with Crippen molar-refractivity contribution in [3.8, 4) is 0 Å². The van der Waals surface area contributed by atoms with Gasteiger partial charge in [-0.2, -0.15) is 0 Å². The summed E-state index contributed by atoms with van der Waals surface area (Å²) in [5, 5.41) is 10.8. The largest absolute Gasteiger partial charge is 0.503 e. The van der Waals surface area contributed by atoms with Crippen molar-refractivity contribution in [1.29, 1.82) is 0 Å². The molecule has 1 heterocycles. The second-order valence-corrected chi connectivity index (χ2v) is 9.43. The summed E-state index contributed by atoms with van der Waals surface area (Å²) in [4.78, 5) is 39.0. The first-order chi connectivity index (χ1) is 13.9. The van der Waals surface area contributed by atoms with Gasteiger partial charge in [-0.1, -0.05) is 29.3 Å². The Labute approximate surface area is 184 Å². The number of carbonyl (C=O) groups is 3. The summed E-state index contributed by atoms with van der Waals surface area (Å²) in [6.45, 7) is 0.155. The highest BCUT2D eigenvalue weighted by Gasteiger charge is 2.35. The first-order valence-electron chi connectivity index (χ1n) is 8.80. The molecule has 9 nitrogen and oxygen atoms in total. The van der Waals surface area contributed by atoms with Crippen LogP contribution in [-0.2, 0) is 31.0 Å². The summed E-state index contributed by atoms with van der Waals surface area (Å²) in [5.41, 5.74) is 0.668. The molecule has 0 radical (unpaired) electrons. The van der Waals surface area contributed by atoms with E-state index in [-0.39, 0.29) is 38.0 Å². The zero-order valence-electron chi connectivity index (χ0n) is 16.3. The lowest BCUT2D eigenvalue weighted by molar-refractivity contribution is -0.128. The number of rotatable bonds is 8. The van der Waals surface area contributed by atoms with Crippen LogP contribution in [0.4, 0.5) is 0 Å². The molecule has 0 unspecified atom stereocenters. The first-order valence-corrected chi connectivity index (χ1v) is 11.4. The number of likely N-dealkylation sites (N-methyl/N-ethyl adjacent to an activating group) is 1. The molecule has 0 aliphatic carbocycles. The van der Waals surface area contributed by atoms with Gasteiger partial charge in [-0.15, -0.1) is 0 Å². The summed E-state index contributed by atoms with van der Waals surface area (Å²) in [6, 6.07) is 4.94. The average molecular weight is 478 g/mol. The maximum atomic E-state index is 12.7. The van der Waals surface area contributed by atoms with Crippen LogP contribution < -0.4 is 4.72 Å². The third-order valence-electron chi connectivity index (χ3n) is 4.26. The Bertz CT molecular complexity index is 1010. The molecule has 2 N–H and O–H groups in total. The second-order valence-electron chi connectivity index (χ2n) is 6.86. The van der Waals surface area contributed by atoms with E-state index in [9.17, 15) is 27.9 Å². The monoisotopic (exact) mass is 477 g/mol. The number of amides is 3. The van der Waals surface area contributed by atoms with Crippen LogP contribution in [0.25, 0.3) is 0 Å². The lowest BCUT2D eigenvalue weighted by atomic mass is 10.2. The molecular formula is C18H21Cl2N3O6S. The Hall–Kier alpha value is -2.30. The number of aliphatic hydroxyl groups excluding tert-OH is 1. The molecule has 0 saturated carbocycles. The van der Waals surface area contributed by atoms with Crippen molar-refractivity contribution < 1.29 is 27.9 Å². The van der Waals surface area contributed by atoms with E-state index in [2.05, 4.69) is 0 Å². The lowest BCUT2D eigenvalue weighted by Gasteiger charge is -2.19. The zero-order chi connectivity index (χ0) is 22.6. The molecule has 0 saturated heterocycles. The van der Waals surface area contributed by atoms with Gasteiger partial charge in [0.05, 0.1) is 28.4 Å². The average Bonchev–Trinajstić information content (AvgIpc) is 2.91. The number of aliphatic hydroxyl groups is 1. The fourth-order valence-electron chi connectivity index (χ4n) is 2.87. The van der Waals surface area contributed by atoms with Crippen LogP contribution in [-0.4, -0.2) is 67.4 Å². The molecule has 12 heteroatoms. The molecule has 3 amide bonds. The van der Waals surface area contributed by atoms with Crippen LogP contribution in [0.2, 0.25) is 10.0 Å². The molecular weight excluding hydrogens is 457 g/mol. The van der Waals surface area contributed by atoms with Gasteiger partial charge in [-0.05, 0) is 24.1 Å². The minimum atomic E-state index is -3.65. The van der Waals surface area contributed by atoms with Gasteiger partial charge in [0.2, 0.25) is 15.9 Å². The van der Waals surface area contributed by atoms with Crippen LogP contribution >= 0.6 is 23.2 Å². The zero-order valence-corrected chi connectivity index (χ0v) is 18.6. The number of hydrogen-bond donors (Lipinski definition) is 2. The van der Waals surface area contributed by atoms with Crippen LogP contribution in [0, 0.1) is 0 Å². The van der Waals surface area contributed by atoms with Gasteiger partial charge >= 0.3 is 0 Å². The van der Waals surface area contributed by atoms with Crippen molar-refractivity contribution in [3.63, 3.8) is 0 Å². The van der Waals surface area contributed by atoms with Crippen LogP contribution in [0.3, 0.4) is 0 Å². The Morgan fingerprint density at radius 2 is 1.93 bits per heavy atom. The van der Waals surface area contributed by atoms with E-state index < -0.39 is 33.5 Å². The smallest absolute Gasteiger partial charge is 0.289 e. The number of benzene rings is 1. The van der Waals surface area contributed by atoms with E-state index in [1.165, 1.54) is 16.8 Å². The molecule has 1 aliphatic heterocycles. The summed E-state index contributed by atoms with van der Waals surface area (Å²) in [5.74, 6) is -2.57. The van der Waals surface area contributed by atoms with Crippen molar-refractivity contribution in [2.45, 2.75) is 19.4 Å². The van der Waals surface area contributed by atoms with Gasteiger partial charge in [0, 0.05) is 26.6 Å². The molecule has 1 aromatic rings. The van der Waals surface area contributed by atoms with Crippen molar-refractivity contribution in [1.82, 2.24) is 14.5 Å². The molecule has 2 rings (SSSR count). The number of sulfonamides is 1. The molecule has 0 fully saturated rings. The lowest BCUT2D eigenvalue weighted by Crippen LogP contribution is -2.33. The maximum Gasteiger partial charge on any atom is 0.289 e. The summed E-state index contributed by atoms with van der Waals surface area (Å²) < 4.78 is 23.9. The Kier molecular flexibility index (Phi) is 7.73. The fraction of sp³-hybridized carbons (Fsp3) is 0.389. The van der Waals surface area contributed by atoms with Crippen LogP contribution in [0.1, 0.15) is 18.4 Å². The SMILES string of the molecule is CN(Cc1ccc(Cl)c(Cl)c1)C(=O)C1=C(O)C(=O)N(CCCC(=O)NS(C)(=O)=O)C1. The second kappa shape index (κ2) is 9.67. The summed E-state index contributed by atoms with van der Waals surface area (Å²) in [7, 11) is -2.13. The predicted octanol–water partition coefficient (Wildman–Crippen LogP) is 1.46. The van der Waals surface area contributed by atoms with Gasteiger partial charge in [0.25, 0.3) is 11.8 Å². The minimum Gasteiger partial charge on any atom is -0.503 e. The van der Waals surface area contributed by atoms with Crippen LogP contribution in [0.15, 0.2) is 29.5 Å². The number of nitrogens with zero attached hydrogens (tertiary/aromatic N) is 2. The number of nitrogens with one attached hydrogen (secondary N) is 1. The number of halogens is 2. The van der Waals surface area contributed by atoms with Gasteiger partial charge < -0.3 is 14.9 Å². The summed E-state index contributed by atoms with van der Waals surface area (Å²) in [6.07, 6.45) is 0.905. The topological polar surface area (TPSA) is 124 Å². The highest BCUT2D eigenvalue weighted by molar-refractivity contribution is 7.89. The van der Waals surface area contributed by atoms with Gasteiger partial charge in [0.1, 0.15) is 0 Å². The third-order valence-corrected chi connectivity index (χ3v) is 5.60. The van der Waals surface area contributed by atoms with E-state index in [4.69, 9.17) is 23.2 Å².